The molecule has 2 N–H and O–H groups in total. The van der Waals surface area contributed by atoms with Gasteiger partial charge >= 0.3 is 0 Å². The summed E-state index contributed by atoms with van der Waals surface area (Å²) in [6.07, 6.45) is 12.5. The van der Waals surface area contributed by atoms with E-state index in [1.54, 1.807) is 0 Å². The first kappa shape index (κ1) is 25.7. The van der Waals surface area contributed by atoms with Crippen molar-refractivity contribution in [3.63, 3.8) is 0 Å². The lowest BCUT2D eigenvalue weighted by Crippen LogP contribution is -2.65. The second-order valence-electron chi connectivity index (χ2n) is 14.9. The van der Waals surface area contributed by atoms with E-state index in [2.05, 4.69) is 68.4 Å². The third-order valence-electron chi connectivity index (χ3n) is 12.7. The molecule has 2 heteroatoms. The monoisotopic (exact) mass is 458 g/mol. The maximum Gasteiger partial charge on any atom is 0.0653 e. The normalized spacial score (nSPS) is 50.5. The Kier molecular flexibility index (Phi) is 6.31. The number of aliphatic hydroxyl groups excluding tert-OH is 1. The minimum atomic E-state index is -0.579. The van der Waals surface area contributed by atoms with Gasteiger partial charge in [0.2, 0.25) is 0 Å². The van der Waals surface area contributed by atoms with E-state index < -0.39 is 5.60 Å². The number of allylic oxidation sites excluding steroid dienone is 2. The van der Waals surface area contributed by atoms with Crippen LogP contribution in [0.1, 0.15) is 120 Å². The van der Waals surface area contributed by atoms with Gasteiger partial charge in [-0.15, -0.1) is 0 Å². The van der Waals surface area contributed by atoms with Crippen LogP contribution in [0.5, 0.6) is 0 Å². The summed E-state index contributed by atoms with van der Waals surface area (Å²) in [4.78, 5) is 0. The van der Waals surface area contributed by atoms with Crippen LogP contribution in [0.15, 0.2) is 11.6 Å². The summed E-state index contributed by atoms with van der Waals surface area (Å²) >= 11 is 0. The molecule has 4 saturated carbocycles. The molecule has 0 spiro atoms. The van der Waals surface area contributed by atoms with Crippen molar-refractivity contribution in [1.29, 1.82) is 0 Å². The highest BCUT2D eigenvalue weighted by Gasteiger charge is 2.70. The van der Waals surface area contributed by atoms with Crippen molar-refractivity contribution in [3.05, 3.63) is 11.6 Å². The number of hydrogen-bond acceptors (Lipinski definition) is 2. The third-order valence-corrected chi connectivity index (χ3v) is 12.7. The summed E-state index contributed by atoms with van der Waals surface area (Å²) in [5.74, 6) is 3.02. The van der Waals surface area contributed by atoms with Crippen molar-refractivity contribution < 1.29 is 10.2 Å². The summed E-state index contributed by atoms with van der Waals surface area (Å²) in [5.41, 5.74) is 1.75. The predicted molar refractivity (Wildman–Crippen MR) is 139 cm³/mol. The first-order valence-corrected chi connectivity index (χ1v) is 14.1. The molecule has 0 aromatic rings. The Bertz CT molecular complexity index is 776. The summed E-state index contributed by atoms with van der Waals surface area (Å²) in [5, 5.41) is 22.7. The zero-order valence-electron chi connectivity index (χ0n) is 23.3. The Balaban J connectivity index is 1.66. The van der Waals surface area contributed by atoms with Gasteiger partial charge in [-0.3, -0.25) is 0 Å². The van der Waals surface area contributed by atoms with Crippen molar-refractivity contribution in [3.8, 4) is 0 Å². The Labute approximate surface area is 205 Å². The second kappa shape index (κ2) is 8.09. The minimum absolute atomic E-state index is 0.0160. The van der Waals surface area contributed by atoms with Gasteiger partial charge in [0.25, 0.3) is 0 Å². The molecule has 4 aliphatic rings. The molecule has 4 aliphatic carbocycles. The zero-order chi connectivity index (χ0) is 24.6. The Morgan fingerprint density at radius 2 is 1.58 bits per heavy atom. The third kappa shape index (κ3) is 3.62. The van der Waals surface area contributed by atoms with Crippen molar-refractivity contribution in [2.24, 2.45) is 51.2 Å². The maximum atomic E-state index is 11.8. The lowest BCUT2D eigenvalue weighted by Gasteiger charge is -2.71. The van der Waals surface area contributed by atoms with Crippen molar-refractivity contribution in [2.75, 3.05) is 0 Å². The standard InChI is InChI=1S/C31H54O2/c1-20(2)11-10-15-31(9,33)22-12-17-30(8)26(22)21(3)19-24-28(6)16-14-25(32)27(4,5)23(28)13-18-29(24,30)7/h11,21-26,32-33H,10,12-19H2,1-9H3/t21?,22?,23?,24?,25-,26?,28-,29+,30+,31-/m0/s1. The molecule has 0 bridgehead atoms. The smallest absolute Gasteiger partial charge is 0.0653 e. The van der Waals surface area contributed by atoms with Crippen LogP contribution in [0.2, 0.25) is 0 Å². The number of fused-ring (bicyclic) bond motifs is 5. The molecule has 0 aliphatic heterocycles. The number of aliphatic hydroxyl groups is 2. The van der Waals surface area contributed by atoms with Crippen LogP contribution < -0.4 is 0 Å². The van der Waals surface area contributed by atoms with Crippen LogP contribution in [0.4, 0.5) is 0 Å². The second-order valence-corrected chi connectivity index (χ2v) is 14.9. The van der Waals surface area contributed by atoms with Crippen LogP contribution in [-0.2, 0) is 0 Å². The predicted octanol–water partition coefficient (Wildman–Crippen LogP) is 7.78. The van der Waals surface area contributed by atoms with Gasteiger partial charge in [-0.1, -0.05) is 53.2 Å². The van der Waals surface area contributed by atoms with E-state index >= 15 is 0 Å². The lowest BCUT2D eigenvalue weighted by atomic mass is 9.34. The molecule has 5 unspecified atom stereocenters. The van der Waals surface area contributed by atoms with Gasteiger partial charge < -0.3 is 10.2 Å². The van der Waals surface area contributed by atoms with Gasteiger partial charge in [-0.25, -0.2) is 0 Å². The highest BCUT2D eigenvalue weighted by atomic mass is 16.3. The van der Waals surface area contributed by atoms with Gasteiger partial charge in [0.05, 0.1) is 11.7 Å². The molecule has 0 heterocycles. The van der Waals surface area contributed by atoms with Gasteiger partial charge in [-0.2, -0.15) is 0 Å². The van der Waals surface area contributed by atoms with Gasteiger partial charge in [0.15, 0.2) is 0 Å². The molecule has 0 aromatic heterocycles. The molecule has 33 heavy (non-hydrogen) atoms. The highest BCUT2D eigenvalue weighted by molar-refractivity contribution is 5.19. The van der Waals surface area contributed by atoms with Crippen molar-refractivity contribution >= 4 is 0 Å². The fourth-order valence-corrected chi connectivity index (χ4v) is 10.7. The van der Waals surface area contributed by atoms with E-state index in [0.29, 0.717) is 39.9 Å². The zero-order valence-corrected chi connectivity index (χ0v) is 23.3. The van der Waals surface area contributed by atoms with E-state index in [4.69, 9.17) is 0 Å². The van der Waals surface area contributed by atoms with E-state index in [1.807, 2.05) is 0 Å². The SMILES string of the molecule is CC(C)=CCC[C@](C)(O)C1CC[C@]2(C)C1C(C)CC1[C@@]3(C)CC[C@H](O)C(C)(C)C3CC[C@]12C. The Morgan fingerprint density at radius 1 is 0.939 bits per heavy atom. The Hall–Kier alpha value is -0.340. The quantitative estimate of drug-likeness (QED) is 0.422. The first-order valence-electron chi connectivity index (χ1n) is 14.1. The van der Waals surface area contributed by atoms with Crippen LogP contribution in [0.25, 0.3) is 0 Å². The summed E-state index contributed by atoms with van der Waals surface area (Å²) < 4.78 is 0. The largest absolute Gasteiger partial charge is 0.393 e. The van der Waals surface area contributed by atoms with E-state index in [1.165, 1.54) is 44.1 Å². The summed E-state index contributed by atoms with van der Waals surface area (Å²) in [6.45, 7) is 21.5. The molecule has 2 nitrogen and oxygen atoms in total. The maximum absolute atomic E-state index is 11.8. The van der Waals surface area contributed by atoms with Gasteiger partial charge in [-0.05, 0) is 130 Å². The fraction of sp³-hybridized carbons (Fsp3) is 0.935. The van der Waals surface area contributed by atoms with Crippen molar-refractivity contribution in [2.45, 2.75) is 132 Å². The number of hydrogen-bond donors (Lipinski definition) is 2. The van der Waals surface area contributed by atoms with Crippen LogP contribution in [-0.4, -0.2) is 21.9 Å². The molecule has 10 atom stereocenters. The number of rotatable bonds is 4. The topological polar surface area (TPSA) is 40.5 Å². The molecular weight excluding hydrogens is 404 g/mol. The highest BCUT2D eigenvalue weighted by Crippen LogP contribution is 2.76. The lowest BCUT2D eigenvalue weighted by molar-refractivity contribution is -0.235. The molecule has 4 rings (SSSR count). The molecule has 0 aromatic carbocycles. The van der Waals surface area contributed by atoms with E-state index in [9.17, 15) is 10.2 Å². The molecule has 0 saturated heterocycles. The van der Waals surface area contributed by atoms with Crippen LogP contribution in [0, 0.1) is 51.2 Å². The fourth-order valence-electron chi connectivity index (χ4n) is 10.7. The van der Waals surface area contributed by atoms with Crippen LogP contribution in [0.3, 0.4) is 0 Å². The van der Waals surface area contributed by atoms with E-state index in [-0.39, 0.29) is 11.5 Å². The van der Waals surface area contributed by atoms with Gasteiger partial charge in [0, 0.05) is 0 Å². The van der Waals surface area contributed by atoms with E-state index in [0.717, 1.165) is 25.2 Å². The Morgan fingerprint density at radius 3 is 2.21 bits per heavy atom. The summed E-state index contributed by atoms with van der Waals surface area (Å²) in [7, 11) is 0. The summed E-state index contributed by atoms with van der Waals surface area (Å²) in [6, 6.07) is 0. The molecule has 4 fully saturated rings. The van der Waals surface area contributed by atoms with Crippen molar-refractivity contribution in [1.82, 2.24) is 0 Å². The average molecular weight is 459 g/mol. The van der Waals surface area contributed by atoms with Crippen LogP contribution >= 0.6 is 0 Å². The molecule has 0 amide bonds. The van der Waals surface area contributed by atoms with Gasteiger partial charge in [0.1, 0.15) is 0 Å². The molecular formula is C31H54O2. The molecule has 0 radical (unpaired) electrons. The molecule has 190 valence electrons. The first-order chi connectivity index (χ1) is 15.1. The average Bonchev–Trinajstić information content (AvgIpc) is 3.08. The minimum Gasteiger partial charge on any atom is -0.393 e.